The van der Waals surface area contributed by atoms with Crippen molar-refractivity contribution in [3.63, 3.8) is 0 Å². The van der Waals surface area contributed by atoms with Gasteiger partial charge in [0.15, 0.2) is 0 Å². The van der Waals surface area contributed by atoms with Crippen molar-refractivity contribution in [2.75, 3.05) is 46.1 Å². The lowest BCUT2D eigenvalue weighted by molar-refractivity contribution is 0.0921. The number of β-amino-alcohol motifs (C(OH)–C–C–N with tert-alkyl or cyclic N) is 1. The number of methoxy groups -OCH3 is 1. The summed E-state index contributed by atoms with van der Waals surface area (Å²) in [5, 5.41) is 10.3. The van der Waals surface area contributed by atoms with Crippen LogP contribution in [0.15, 0.2) is 24.3 Å². The van der Waals surface area contributed by atoms with Crippen LogP contribution in [0, 0.1) is 0 Å². The van der Waals surface area contributed by atoms with Crippen LogP contribution in [0.2, 0.25) is 0 Å². The third kappa shape index (κ3) is 4.41. The van der Waals surface area contributed by atoms with Crippen LogP contribution in [0.4, 0.5) is 0 Å². The second-order valence-electron chi connectivity index (χ2n) is 5.26. The second kappa shape index (κ2) is 6.74. The van der Waals surface area contributed by atoms with Gasteiger partial charge in [-0.2, -0.15) is 4.31 Å². The number of ether oxygens (including phenoxy) is 1. The van der Waals surface area contributed by atoms with Gasteiger partial charge in [-0.3, -0.25) is 4.90 Å². The quantitative estimate of drug-likeness (QED) is 0.847. The molecule has 6 nitrogen and oxygen atoms in total. The minimum Gasteiger partial charge on any atom is -0.497 e. The van der Waals surface area contributed by atoms with E-state index in [0.717, 1.165) is 5.56 Å². The fourth-order valence-electron chi connectivity index (χ4n) is 2.44. The van der Waals surface area contributed by atoms with Crippen LogP contribution in [0.5, 0.6) is 5.75 Å². The molecule has 1 aliphatic rings. The molecular formula is C14H22N2O4S. The average molecular weight is 314 g/mol. The Balaban J connectivity index is 1.91. The maximum absolute atomic E-state index is 11.5. The predicted molar refractivity (Wildman–Crippen MR) is 80.8 cm³/mol. The van der Waals surface area contributed by atoms with E-state index >= 15 is 0 Å². The molecule has 1 fully saturated rings. The van der Waals surface area contributed by atoms with Gasteiger partial charge in [0.2, 0.25) is 10.0 Å². The van der Waals surface area contributed by atoms with E-state index in [4.69, 9.17) is 4.74 Å². The first-order valence-electron chi connectivity index (χ1n) is 6.89. The number of aliphatic hydroxyl groups excluding tert-OH is 1. The summed E-state index contributed by atoms with van der Waals surface area (Å²) in [6, 6.07) is 7.36. The van der Waals surface area contributed by atoms with E-state index < -0.39 is 16.1 Å². The Morgan fingerprint density at radius 2 is 1.95 bits per heavy atom. The van der Waals surface area contributed by atoms with Gasteiger partial charge in [0.05, 0.1) is 19.5 Å². The van der Waals surface area contributed by atoms with Crippen LogP contribution in [0.1, 0.15) is 11.7 Å². The largest absolute Gasteiger partial charge is 0.497 e. The van der Waals surface area contributed by atoms with Gasteiger partial charge in [0.25, 0.3) is 0 Å². The van der Waals surface area contributed by atoms with E-state index in [9.17, 15) is 13.5 Å². The highest BCUT2D eigenvalue weighted by Gasteiger charge is 2.24. The molecule has 0 amide bonds. The van der Waals surface area contributed by atoms with Crippen molar-refractivity contribution in [2.24, 2.45) is 0 Å². The summed E-state index contributed by atoms with van der Waals surface area (Å²) in [5.74, 6) is 0.716. The van der Waals surface area contributed by atoms with E-state index in [1.165, 1.54) is 10.6 Å². The fourth-order valence-corrected chi connectivity index (χ4v) is 3.27. The summed E-state index contributed by atoms with van der Waals surface area (Å²) >= 11 is 0. The standard InChI is InChI=1S/C14H22N2O4S/c1-20-13-5-3-4-12(10-13)14(17)11-15-6-8-16(9-7-15)21(2,18)19/h3-5,10,14,17H,6-9,11H2,1-2H3. The highest BCUT2D eigenvalue weighted by Crippen LogP contribution is 2.20. The predicted octanol–water partition coefficient (Wildman–Crippen LogP) is 0.306. The molecule has 1 N–H and O–H groups in total. The molecule has 118 valence electrons. The van der Waals surface area contributed by atoms with Crippen molar-refractivity contribution < 1.29 is 18.3 Å². The van der Waals surface area contributed by atoms with Crippen molar-refractivity contribution in [2.45, 2.75) is 6.10 Å². The summed E-state index contributed by atoms with van der Waals surface area (Å²) in [6.07, 6.45) is 0.623. The number of aliphatic hydroxyl groups is 1. The molecule has 1 aromatic carbocycles. The molecule has 0 radical (unpaired) electrons. The molecule has 1 heterocycles. The van der Waals surface area contributed by atoms with Crippen LogP contribution in [-0.2, 0) is 10.0 Å². The molecule has 21 heavy (non-hydrogen) atoms. The lowest BCUT2D eigenvalue weighted by atomic mass is 10.1. The number of rotatable bonds is 5. The zero-order valence-electron chi connectivity index (χ0n) is 12.4. The smallest absolute Gasteiger partial charge is 0.211 e. The second-order valence-corrected chi connectivity index (χ2v) is 7.24. The Kier molecular flexibility index (Phi) is 5.21. The van der Waals surface area contributed by atoms with Crippen molar-refractivity contribution in [3.05, 3.63) is 29.8 Å². The summed E-state index contributed by atoms with van der Waals surface area (Å²) in [5.41, 5.74) is 0.805. The first-order chi connectivity index (χ1) is 9.90. The molecule has 0 aliphatic carbocycles. The number of hydrogen-bond acceptors (Lipinski definition) is 5. The average Bonchev–Trinajstić information content (AvgIpc) is 2.47. The van der Waals surface area contributed by atoms with E-state index in [1.807, 2.05) is 24.3 Å². The van der Waals surface area contributed by atoms with Gasteiger partial charge in [-0.05, 0) is 17.7 Å². The Labute approximate surface area is 126 Å². The normalized spacial score (nSPS) is 19.4. The summed E-state index contributed by atoms with van der Waals surface area (Å²) in [4.78, 5) is 2.08. The molecular weight excluding hydrogens is 292 g/mol. The van der Waals surface area contributed by atoms with Crippen LogP contribution in [-0.4, -0.2) is 68.8 Å². The lowest BCUT2D eigenvalue weighted by Gasteiger charge is -2.34. The molecule has 0 saturated carbocycles. The highest BCUT2D eigenvalue weighted by atomic mass is 32.2. The van der Waals surface area contributed by atoms with Crippen molar-refractivity contribution in [3.8, 4) is 5.75 Å². The molecule has 7 heteroatoms. The molecule has 1 atom stereocenters. The molecule has 2 rings (SSSR count). The molecule has 1 aromatic rings. The van der Waals surface area contributed by atoms with Crippen molar-refractivity contribution in [1.29, 1.82) is 0 Å². The number of sulfonamides is 1. The van der Waals surface area contributed by atoms with E-state index in [1.54, 1.807) is 7.11 Å². The van der Waals surface area contributed by atoms with E-state index in [2.05, 4.69) is 4.90 Å². The summed E-state index contributed by atoms with van der Waals surface area (Å²) in [7, 11) is -1.52. The fraction of sp³-hybridized carbons (Fsp3) is 0.571. The van der Waals surface area contributed by atoms with Crippen LogP contribution < -0.4 is 4.74 Å². The van der Waals surface area contributed by atoms with Gasteiger partial charge in [-0.15, -0.1) is 0 Å². The van der Waals surface area contributed by atoms with Crippen LogP contribution >= 0.6 is 0 Å². The van der Waals surface area contributed by atoms with E-state index in [0.29, 0.717) is 38.5 Å². The number of piperazine rings is 1. The highest BCUT2D eigenvalue weighted by molar-refractivity contribution is 7.88. The zero-order chi connectivity index (χ0) is 15.5. The Hall–Kier alpha value is -1.15. The van der Waals surface area contributed by atoms with Gasteiger partial charge < -0.3 is 9.84 Å². The van der Waals surface area contributed by atoms with Gasteiger partial charge in [-0.1, -0.05) is 12.1 Å². The lowest BCUT2D eigenvalue weighted by Crippen LogP contribution is -2.49. The van der Waals surface area contributed by atoms with Crippen LogP contribution in [0.25, 0.3) is 0 Å². The van der Waals surface area contributed by atoms with Crippen LogP contribution in [0.3, 0.4) is 0 Å². The molecule has 1 saturated heterocycles. The maximum Gasteiger partial charge on any atom is 0.211 e. The SMILES string of the molecule is COc1cccc(C(O)CN2CCN(S(C)(=O)=O)CC2)c1. The Morgan fingerprint density at radius 3 is 2.52 bits per heavy atom. The maximum atomic E-state index is 11.5. The van der Waals surface area contributed by atoms with E-state index in [-0.39, 0.29) is 0 Å². The molecule has 1 unspecified atom stereocenters. The number of nitrogens with zero attached hydrogens (tertiary/aromatic N) is 2. The third-order valence-electron chi connectivity index (χ3n) is 3.71. The number of benzene rings is 1. The minimum atomic E-state index is -3.11. The van der Waals surface area contributed by atoms with Crippen molar-refractivity contribution >= 4 is 10.0 Å². The van der Waals surface area contributed by atoms with Gasteiger partial charge in [0, 0.05) is 32.7 Å². The Bertz CT molecular complexity index is 568. The monoisotopic (exact) mass is 314 g/mol. The first kappa shape index (κ1) is 16.2. The first-order valence-corrected chi connectivity index (χ1v) is 8.74. The van der Waals surface area contributed by atoms with Gasteiger partial charge >= 0.3 is 0 Å². The topological polar surface area (TPSA) is 70.1 Å². The van der Waals surface area contributed by atoms with Crippen molar-refractivity contribution in [1.82, 2.24) is 9.21 Å². The molecule has 0 aromatic heterocycles. The zero-order valence-corrected chi connectivity index (χ0v) is 13.2. The molecule has 0 bridgehead atoms. The number of hydrogen-bond donors (Lipinski definition) is 1. The summed E-state index contributed by atoms with van der Waals surface area (Å²) < 4.78 is 29.5. The van der Waals surface area contributed by atoms with Gasteiger partial charge in [-0.25, -0.2) is 8.42 Å². The van der Waals surface area contributed by atoms with Gasteiger partial charge in [0.1, 0.15) is 5.75 Å². The summed E-state index contributed by atoms with van der Waals surface area (Å²) in [6.45, 7) is 2.71. The molecule has 0 spiro atoms. The third-order valence-corrected chi connectivity index (χ3v) is 5.01. The molecule has 1 aliphatic heterocycles. The Morgan fingerprint density at radius 1 is 1.29 bits per heavy atom. The minimum absolute atomic E-state index is 0.476.